The van der Waals surface area contributed by atoms with E-state index in [9.17, 15) is 2.74 Å². The Balaban J connectivity index is 1.39. The predicted molar refractivity (Wildman–Crippen MR) is 203 cm³/mol. The Bertz CT molecular complexity index is 3520. The maximum absolute atomic E-state index is 9.22. The van der Waals surface area contributed by atoms with E-state index in [2.05, 4.69) is 4.98 Å². The zero-order valence-electron chi connectivity index (χ0n) is 38.9. The molecule has 10 rings (SSSR count). The number of fused-ring (bicyclic) bond motifs is 6. The number of hydrogen-bond donors (Lipinski definition) is 0. The molecule has 0 amide bonds. The summed E-state index contributed by atoms with van der Waals surface area (Å²) in [6.07, 6.45) is 0. The number of para-hydroxylation sites is 4. The summed E-state index contributed by atoms with van der Waals surface area (Å²) in [5.41, 5.74) is 2.61. The van der Waals surface area contributed by atoms with E-state index in [1.807, 2.05) is 42.5 Å². The Labute approximate surface area is 306 Å². The van der Waals surface area contributed by atoms with Gasteiger partial charge in [0, 0.05) is 43.8 Å². The fourth-order valence-corrected chi connectivity index (χ4v) is 6.40. The van der Waals surface area contributed by atoms with Crippen LogP contribution in [0.2, 0.25) is 0 Å². The van der Waals surface area contributed by atoms with Crippen molar-refractivity contribution >= 4 is 43.7 Å². The molecule has 10 aromatic rings. The van der Waals surface area contributed by atoms with E-state index in [1.54, 1.807) is 48.5 Å². The first-order valence-electron chi connectivity index (χ1n) is 22.1. The molecule has 0 unspecified atom stereocenters. The van der Waals surface area contributed by atoms with Crippen LogP contribution in [0.15, 0.2) is 174 Å². The van der Waals surface area contributed by atoms with Gasteiger partial charge in [0.25, 0.3) is 0 Å². The number of hydrogen-bond acceptors (Lipinski definition) is 4. The molecule has 0 fully saturated rings. The van der Waals surface area contributed by atoms with Gasteiger partial charge in [0.15, 0.2) is 17.5 Å². The van der Waals surface area contributed by atoms with Gasteiger partial charge in [-0.3, -0.25) is 0 Å². The highest BCUT2D eigenvalue weighted by molar-refractivity contribution is 6.11. The molecule has 0 bridgehead atoms. The fraction of sp³-hybridized carbons (Fsp3) is 0. The summed E-state index contributed by atoms with van der Waals surface area (Å²) < 4.78 is 122. The molecule has 3 aromatic heterocycles. The van der Waals surface area contributed by atoms with E-state index in [0.29, 0.717) is 27.9 Å². The third-order valence-electron chi connectivity index (χ3n) is 8.62. The number of aromatic nitrogens is 4. The first kappa shape index (κ1) is 18.1. The predicted octanol–water partition coefficient (Wildman–Crippen LogP) is 11.5. The highest BCUT2D eigenvalue weighted by Gasteiger charge is 2.21. The van der Waals surface area contributed by atoms with Crippen molar-refractivity contribution in [1.82, 2.24) is 19.5 Å². The molecule has 3 heterocycles. The minimum Gasteiger partial charge on any atom is -0.455 e. The van der Waals surface area contributed by atoms with Crippen LogP contribution >= 0.6 is 0 Å². The largest absolute Gasteiger partial charge is 0.455 e. The lowest BCUT2D eigenvalue weighted by Gasteiger charge is -2.16. The SMILES string of the molecule is [2H]c1c([2H])c([2H])c(-c2nc(-c3ccccc3)nc(-c3cc(-c4cccc5c4oc4ccccc45)ccc3-n3c4c([2H])c([2H])c([2H])c([2H])c4c4c([2H])c([2H])c([2H])c([2H])c43)n2)c([2H])c1[2H]. The molecule has 0 radical (unpaired) electrons. The molecule has 0 aliphatic carbocycles. The molecule has 234 valence electrons. The number of rotatable bonds is 5. The number of furan rings is 1. The Morgan fingerprint density at radius 1 is 0.460 bits per heavy atom. The van der Waals surface area contributed by atoms with E-state index < -0.39 is 78.6 Å². The van der Waals surface area contributed by atoms with Gasteiger partial charge in [-0.25, -0.2) is 15.0 Å². The van der Waals surface area contributed by atoms with E-state index in [4.69, 9.17) is 29.5 Å². The molecular weight excluding hydrogens is 613 g/mol. The van der Waals surface area contributed by atoms with Gasteiger partial charge in [0.05, 0.1) is 34.5 Å². The van der Waals surface area contributed by atoms with Gasteiger partial charge in [-0.05, 0) is 35.8 Å². The first-order valence-corrected chi connectivity index (χ1v) is 15.6. The normalized spacial score (nSPS) is 15.2. The number of benzene rings is 7. The van der Waals surface area contributed by atoms with Gasteiger partial charge < -0.3 is 8.98 Å². The van der Waals surface area contributed by atoms with Gasteiger partial charge in [-0.2, -0.15) is 0 Å². The van der Waals surface area contributed by atoms with Crippen LogP contribution in [-0.4, -0.2) is 19.5 Å². The van der Waals surface area contributed by atoms with Crippen molar-refractivity contribution in [2.24, 2.45) is 0 Å². The molecular formula is C45H28N4O. The van der Waals surface area contributed by atoms with Crippen molar-refractivity contribution < 1.29 is 22.2 Å². The molecule has 0 aliphatic rings. The minimum absolute atomic E-state index is 0.0595. The minimum atomic E-state index is -0.610. The number of nitrogens with zero attached hydrogens (tertiary/aromatic N) is 4. The molecule has 5 heteroatoms. The molecule has 5 nitrogen and oxygen atoms in total. The molecule has 50 heavy (non-hydrogen) atoms. The third kappa shape index (κ3) is 4.52. The van der Waals surface area contributed by atoms with Crippen molar-refractivity contribution in [3.8, 4) is 51.0 Å². The summed E-state index contributed by atoms with van der Waals surface area (Å²) in [5.74, 6) is -0.308. The van der Waals surface area contributed by atoms with Crippen LogP contribution in [-0.2, 0) is 0 Å². The molecule has 0 saturated carbocycles. The van der Waals surface area contributed by atoms with Crippen LogP contribution in [0.25, 0.3) is 94.7 Å². The standard InChI is InChI=1S/C45H28N4O/c1-3-14-29(15-4-1)43-46-44(30-16-5-2-6-17-30)48-45(47-43)37-28-31(32-21-13-22-36-35-20-9-12-25-41(35)50-42(32)36)26-27-40(37)49-38-23-10-7-18-33(38)34-19-8-11-24-39(34)49/h1-28H/i1D,3D,4D,7D,8D,10D,11D,14D,15D,18D,19D,23D,24D. The van der Waals surface area contributed by atoms with Gasteiger partial charge >= 0.3 is 0 Å². The Morgan fingerprint density at radius 3 is 1.88 bits per heavy atom. The van der Waals surface area contributed by atoms with Crippen LogP contribution in [0.5, 0.6) is 0 Å². The van der Waals surface area contributed by atoms with Crippen LogP contribution in [0.3, 0.4) is 0 Å². The van der Waals surface area contributed by atoms with Gasteiger partial charge in [0.2, 0.25) is 0 Å². The lowest BCUT2D eigenvalue weighted by atomic mass is 9.98. The molecule has 7 aromatic carbocycles. The molecule has 0 spiro atoms. The summed E-state index contributed by atoms with van der Waals surface area (Å²) in [6.45, 7) is 0. The van der Waals surface area contributed by atoms with Crippen molar-refractivity contribution in [1.29, 1.82) is 0 Å². The Kier molecular flexibility index (Phi) is 4.12. The van der Waals surface area contributed by atoms with Crippen molar-refractivity contribution in [3.05, 3.63) is 170 Å². The second-order valence-corrected chi connectivity index (χ2v) is 11.5. The highest BCUT2D eigenvalue weighted by atomic mass is 16.3. The third-order valence-corrected chi connectivity index (χ3v) is 8.62. The lowest BCUT2D eigenvalue weighted by molar-refractivity contribution is 0.670. The Morgan fingerprint density at radius 2 is 1.10 bits per heavy atom. The lowest BCUT2D eigenvalue weighted by Crippen LogP contribution is -2.04. The smallest absolute Gasteiger partial charge is 0.166 e. The topological polar surface area (TPSA) is 56.7 Å². The first-order chi connectivity index (χ1) is 30.2. The second kappa shape index (κ2) is 11.4. The van der Waals surface area contributed by atoms with E-state index in [0.717, 1.165) is 10.8 Å². The van der Waals surface area contributed by atoms with Crippen LogP contribution < -0.4 is 0 Å². The Hall–Kier alpha value is -6.85. The van der Waals surface area contributed by atoms with Crippen molar-refractivity contribution in [2.45, 2.75) is 0 Å². The van der Waals surface area contributed by atoms with Gasteiger partial charge in [-0.1, -0.05) is 139 Å². The average molecular weight is 654 g/mol. The molecule has 0 saturated heterocycles. The van der Waals surface area contributed by atoms with Crippen molar-refractivity contribution in [2.75, 3.05) is 0 Å². The maximum Gasteiger partial charge on any atom is 0.166 e. The summed E-state index contributed by atoms with van der Waals surface area (Å²) in [4.78, 5) is 14.4. The second-order valence-electron chi connectivity index (χ2n) is 11.5. The van der Waals surface area contributed by atoms with Crippen LogP contribution in [0, 0.1) is 0 Å². The zero-order valence-corrected chi connectivity index (χ0v) is 25.9. The fourth-order valence-electron chi connectivity index (χ4n) is 6.40. The average Bonchev–Trinajstić information content (AvgIpc) is 3.87. The van der Waals surface area contributed by atoms with Crippen LogP contribution in [0.1, 0.15) is 17.8 Å². The summed E-state index contributed by atoms with van der Waals surface area (Å²) in [7, 11) is 0. The molecule has 0 atom stereocenters. The molecule has 0 N–H and O–H groups in total. The summed E-state index contributed by atoms with van der Waals surface area (Å²) in [6, 6.07) is 19.7. The van der Waals surface area contributed by atoms with Crippen molar-refractivity contribution in [3.63, 3.8) is 0 Å². The summed E-state index contributed by atoms with van der Waals surface area (Å²) in [5, 5.41) is 1.45. The van der Waals surface area contributed by atoms with E-state index in [1.165, 1.54) is 4.57 Å². The molecule has 0 aliphatic heterocycles. The summed E-state index contributed by atoms with van der Waals surface area (Å²) >= 11 is 0. The maximum atomic E-state index is 9.22. The van der Waals surface area contributed by atoms with Crippen LogP contribution in [0.4, 0.5) is 0 Å². The highest BCUT2D eigenvalue weighted by Crippen LogP contribution is 2.41. The quantitative estimate of drug-likeness (QED) is 0.185. The van der Waals surface area contributed by atoms with E-state index in [-0.39, 0.29) is 56.1 Å². The zero-order chi connectivity index (χ0) is 44.3. The monoisotopic (exact) mass is 653 g/mol. The van der Waals surface area contributed by atoms with E-state index >= 15 is 0 Å². The van der Waals surface area contributed by atoms with Gasteiger partial charge in [-0.15, -0.1) is 0 Å². The van der Waals surface area contributed by atoms with Gasteiger partial charge in [0.1, 0.15) is 11.2 Å².